The normalized spacial score (nSPS) is 12.1. The molecule has 1 atom stereocenters. The standard InChI is InChI=1S/C32H41N3O5S/c1-7-30(32(37)33-8-2)34(21-25-10-9-11-28(20-25)40-6)31(36)22-35(27-16-14-26(15-17-27)23(3)4)41(38,39)29-18-12-24(5)13-19-29/h9-20,23,30H,7-8,21-22H2,1-6H3,(H,33,37)/t30-/m0/s1. The first-order chi connectivity index (χ1) is 19.5. The third-order valence-corrected chi connectivity index (χ3v) is 8.75. The number of ether oxygens (including phenoxy) is 1. The van der Waals surface area contributed by atoms with Crippen molar-refractivity contribution >= 4 is 27.5 Å². The summed E-state index contributed by atoms with van der Waals surface area (Å²) in [4.78, 5) is 28.7. The molecule has 0 fully saturated rings. The third-order valence-electron chi connectivity index (χ3n) is 6.96. The molecule has 0 radical (unpaired) electrons. The second kappa shape index (κ2) is 14.2. The maximum absolute atomic E-state index is 14.1. The van der Waals surface area contributed by atoms with Crippen molar-refractivity contribution in [3.05, 3.63) is 89.5 Å². The minimum Gasteiger partial charge on any atom is -0.497 e. The number of methoxy groups -OCH3 is 1. The average molecular weight is 580 g/mol. The van der Waals surface area contributed by atoms with Crippen LogP contribution in [0.5, 0.6) is 5.75 Å². The Morgan fingerprint density at radius 2 is 1.61 bits per heavy atom. The molecule has 0 aliphatic carbocycles. The van der Waals surface area contributed by atoms with Crippen molar-refractivity contribution in [1.29, 1.82) is 0 Å². The van der Waals surface area contributed by atoms with Gasteiger partial charge in [0.25, 0.3) is 10.0 Å². The molecule has 0 spiro atoms. The van der Waals surface area contributed by atoms with Crippen LogP contribution in [-0.2, 0) is 26.2 Å². The maximum Gasteiger partial charge on any atom is 0.264 e. The van der Waals surface area contributed by atoms with Gasteiger partial charge in [0.1, 0.15) is 18.3 Å². The third kappa shape index (κ3) is 7.88. The van der Waals surface area contributed by atoms with Gasteiger partial charge in [-0.05, 0) is 73.7 Å². The Bertz CT molecular complexity index is 1420. The minimum absolute atomic E-state index is 0.0824. The number of hydrogen-bond donors (Lipinski definition) is 1. The van der Waals surface area contributed by atoms with E-state index in [0.717, 1.165) is 21.0 Å². The van der Waals surface area contributed by atoms with Crippen LogP contribution in [0.15, 0.2) is 77.7 Å². The Kier molecular flexibility index (Phi) is 10.9. The van der Waals surface area contributed by atoms with Crippen LogP contribution in [-0.4, -0.2) is 51.4 Å². The lowest BCUT2D eigenvalue weighted by Crippen LogP contribution is -2.52. The van der Waals surface area contributed by atoms with E-state index in [0.29, 0.717) is 24.4 Å². The first-order valence-corrected chi connectivity index (χ1v) is 15.3. The minimum atomic E-state index is -4.11. The molecule has 220 valence electrons. The molecule has 3 aromatic rings. The van der Waals surface area contributed by atoms with E-state index >= 15 is 0 Å². The quantitative estimate of drug-likeness (QED) is 0.298. The summed E-state index contributed by atoms with van der Waals surface area (Å²) >= 11 is 0. The summed E-state index contributed by atoms with van der Waals surface area (Å²) in [6.07, 6.45) is 0.356. The summed E-state index contributed by atoms with van der Waals surface area (Å²) in [6.45, 7) is 9.68. The molecule has 3 aromatic carbocycles. The van der Waals surface area contributed by atoms with Crippen LogP contribution < -0.4 is 14.4 Å². The van der Waals surface area contributed by atoms with Crippen molar-refractivity contribution in [2.75, 3.05) is 24.5 Å². The lowest BCUT2D eigenvalue weighted by Gasteiger charge is -2.33. The number of likely N-dealkylation sites (N-methyl/N-ethyl adjacent to an activating group) is 1. The summed E-state index contributed by atoms with van der Waals surface area (Å²) in [5.74, 6) is 0.0957. The Morgan fingerprint density at radius 3 is 2.17 bits per heavy atom. The molecule has 0 aromatic heterocycles. The Morgan fingerprint density at radius 1 is 0.951 bits per heavy atom. The van der Waals surface area contributed by atoms with Crippen molar-refractivity contribution in [1.82, 2.24) is 10.2 Å². The van der Waals surface area contributed by atoms with Gasteiger partial charge in [0, 0.05) is 13.1 Å². The number of hydrogen-bond acceptors (Lipinski definition) is 5. The van der Waals surface area contributed by atoms with Gasteiger partial charge in [-0.15, -0.1) is 0 Å². The highest BCUT2D eigenvalue weighted by Crippen LogP contribution is 2.27. The predicted octanol–water partition coefficient (Wildman–Crippen LogP) is 5.27. The Labute approximate surface area is 244 Å². The zero-order valence-electron chi connectivity index (χ0n) is 24.8. The van der Waals surface area contributed by atoms with Gasteiger partial charge in [-0.1, -0.05) is 62.7 Å². The van der Waals surface area contributed by atoms with Crippen molar-refractivity contribution < 1.29 is 22.7 Å². The van der Waals surface area contributed by atoms with Crippen molar-refractivity contribution in [3.8, 4) is 5.75 Å². The fourth-order valence-electron chi connectivity index (χ4n) is 4.57. The van der Waals surface area contributed by atoms with Crippen LogP contribution >= 0.6 is 0 Å². The fraction of sp³-hybridized carbons (Fsp3) is 0.375. The number of rotatable bonds is 13. The fourth-order valence-corrected chi connectivity index (χ4v) is 5.98. The van der Waals surface area contributed by atoms with Crippen LogP contribution in [0.1, 0.15) is 56.7 Å². The van der Waals surface area contributed by atoms with E-state index in [1.54, 1.807) is 55.6 Å². The second-order valence-corrected chi connectivity index (χ2v) is 12.1. The average Bonchev–Trinajstić information content (AvgIpc) is 2.96. The number of amides is 2. The lowest BCUT2D eigenvalue weighted by molar-refractivity contribution is -0.140. The van der Waals surface area contributed by atoms with Gasteiger partial charge in [-0.2, -0.15) is 0 Å². The van der Waals surface area contributed by atoms with E-state index in [2.05, 4.69) is 19.2 Å². The summed E-state index contributed by atoms with van der Waals surface area (Å²) in [5, 5.41) is 2.81. The number of benzene rings is 3. The van der Waals surface area contributed by atoms with Crippen molar-refractivity contribution in [2.24, 2.45) is 0 Å². The molecule has 0 unspecified atom stereocenters. The maximum atomic E-state index is 14.1. The highest BCUT2D eigenvalue weighted by molar-refractivity contribution is 7.92. The predicted molar refractivity (Wildman–Crippen MR) is 163 cm³/mol. The summed E-state index contributed by atoms with van der Waals surface area (Å²) in [5.41, 5.74) is 3.10. The molecule has 1 N–H and O–H groups in total. The molecule has 0 saturated carbocycles. The van der Waals surface area contributed by atoms with Crippen LogP contribution in [0.4, 0.5) is 5.69 Å². The van der Waals surface area contributed by atoms with E-state index in [4.69, 9.17) is 4.74 Å². The summed E-state index contributed by atoms with van der Waals surface area (Å²) in [7, 11) is -2.55. The molecule has 9 heteroatoms. The molecule has 3 rings (SSSR count). The van der Waals surface area contributed by atoms with Gasteiger partial charge >= 0.3 is 0 Å². The number of nitrogens with zero attached hydrogens (tertiary/aromatic N) is 2. The highest BCUT2D eigenvalue weighted by atomic mass is 32.2. The van der Waals surface area contributed by atoms with E-state index in [9.17, 15) is 18.0 Å². The molecule has 0 saturated heterocycles. The van der Waals surface area contributed by atoms with Gasteiger partial charge in [0.2, 0.25) is 11.8 Å². The van der Waals surface area contributed by atoms with E-state index in [1.807, 2.05) is 45.0 Å². The second-order valence-electron chi connectivity index (χ2n) is 10.3. The van der Waals surface area contributed by atoms with E-state index in [1.165, 1.54) is 4.90 Å². The molecule has 0 heterocycles. The number of nitrogens with one attached hydrogen (secondary N) is 1. The molecular formula is C32H41N3O5S. The van der Waals surface area contributed by atoms with Gasteiger partial charge in [0.15, 0.2) is 0 Å². The summed E-state index contributed by atoms with van der Waals surface area (Å²) < 4.78 is 34.5. The molecule has 0 aliphatic rings. The number of sulfonamides is 1. The Hall–Kier alpha value is -3.85. The molecular weight excluding hydrogens is 538 g/mol. The molecule has 0 bridgehead atoms. The molecule has 41 heavy (non-hydrogen) atoms. The molecule has 2 amide bonds. The van der Waals surface area contributed by atoms with Gasteiger partial charge in [0.05, 0.1) is 17.7 Å². The molecule has 0 aliphatic heterocycles. The number of aryl methyl sites for hydroxylation is 1. The van der Waals surface area contributed by atoms with E-state index in [-0.39, 0.29) is 23.3 Å². The van der Waals surface area contributed by atoms with Crippen LogP contribution in [0.2, 0.25) is 0 Å². The Balaban J connectivity index is 2.08. The first kappa shape index (κ1) is 31.7. The number of carbonyl (C=O) groups excluding carboxylic acids is 2. The monoisotopic (exact) mass is 579 g/mol. The van der Waals surface area contributed by atoms with Crippen molar-refractivity contribution in [2.45, 2.75) is 64.4 Å². The number of anilines is 1. The van der Waals surface area contributed by atoms with Crippen LogP contribution in [0.25, 0.3) is 0 Å². The van der Waals surface area contributed by atoms with Gasteiger partial charge < -0.3 is 15.0 Å². The zero-order chi connectivity index (χ0) is 30.2. The van der Waals surface area contributed by atoms with E-state index < -0.39 is 28.5 Å². The zero-order valence-corrected chi connectivity index (χ0v) is 25.6. The number of carbonyl (C=O) groups is 2. The molecule has 8 nitrogen and oxygen atoms in total. The first-order valence-electron chi connectivity index (χ1n) is 13.9. The lowest BCUT2D eigenvalue weighted by atomic mass is 10.0. The smallest absolute Gasteiger partial charge is 0.264 e. The highest BCUT2D eigenvalue weighted by Gasteiger charge is 2.33. The summed E-state index contributed by atoms with van der Waals surface area (Å²) in [6, 6.07) is 20.2. The van der Waals surface area contributed by atoms with Gasteiger partial charge in [-0.3, -0.25) is 13.9 Å². The van der Waals surface area contributed by atoms with Crippen LogP contribution in [0.3, 0.4) is 0 Å². The topological polar surface area (TPSA) is 96.0 Å². The largest absolute Gasteiger partial charge is 0.497 e. The SMILES string of the molecule is CCNC(=O)[C@H](CC)N(Cc1cccc(OC)c1)C(=O)CN(c1ccc(C(C)C)cc1)S(=O)(=O)c1ccc(C)cc1. The van der Waals surface area contributed by atoms with Crippen molar-refractivity contribution in [3.63, 3.8) is 0 Å². The van der Waals surface area contributed by atoms with Gasteiger partial charge in [-0.25, -0.2) is 8.42 Å². The van der Waals surface area contributed by atoms with Crippen LogP contribution in [0, 0.1) is 6.92 Å².